The molecule has 0 bridgehead atoms. The third-order valence-corrected chi connectivity index (χ3v) is 18.5. The standard InChI is InChI=1S/C89H74O26/c1-100-87-74(113-84(97)62-46-26-9-27-47-62)71(110-81(94)59-40-20-6-21-41-59)69(108-79(92)57-36-16-4-17-37-57)66(104-87)53-102-89-76(115-86(99)64-50-30-11-31-51-64)73(112-83(96)61-44-24-8-25-45-61)70(109-80(93)58-38-18-5-19-39-58)67(106-89)54-103-88-75(114-85(98)63-48-28-10-29-49-63)72(111-82(95)60-42-22-7-23-43-60)68(107-78(91)56-34-14-3-15-35-56)65(105-88)52-101-77(90)55-32-12-2-13-33-55/h2-51,65-76,87-89H,52-54H2,1H3/t65-,66-,67-,68+,69-,70-,71+,72+,73+,74-,75-,76-,87+,88-,89-/m1/s1. The van der Waals surface area contributed by atoms with E-state index in [1.54, 1.807) is 170 Å². The molecule has 3 saturated heterocycles. The largest absolute Gasteiger partial charge is 0.459 e. The Morgan fingerprint density at radius 3 is 0.583 bits per heavy atom. The van der Waals surface area contributed by atoms with Crippen LogP contribution in [-0.2, 0) is 75.8 Å². The van der Waals surface area contributed by atoms with E-state index in [1.165, 1.54) is 141 Å². The summed E-state index contributed by atoms with van der Waals surface area (Å²) < 4.78 is 103. The molecule has 0 aromatic heterocycles. The first-order chi connectivity index (χ1) is 56.1. The molecule has 0 amide bonds. The van der Waals surface area contributed by atoms with Crippen LogP contribution in [0.25, 0.3) is 0 Å². The van der Waals surface area contributed by atoms with Gasteiger partial charge in [-0.1, -0.05) is 182 Å². The molecule has 26 heteroatoms. The van der Waals surface area contributed by atoms with Crippen molar-refractivity contribution >= 4 is 59.7 Å². The number of esters is 10. The van der Waals surface area contributed by atoms with Gasteiger partial charge in [0.25, 0.3) is 0 Å². The van der Waals surface area contributed by atoms with Crippen LogP contribution in [0.3, 0.4) is 0 Å². The maximum Gasteiger partial charge on any atom is 0.338 e. The summed E-state index contributed by atoms with van der Waals surface area (Å²) in [5.74, 6) is -10.2. The second-order valence-electron chi connectivity index (χ2n) is 26.1. The normalized spacial score (nSPS) is 22.8. The highest BCUT2D eigenvalue weighted by atomic mass is 16.8. The second kappa shape index (κ2) is 38.7. The lowest BCUT2D eigenvalue weighted by Crippen LogP contribution is -2.66. The van der Waals surface area contributed by atoms with Gasteiger partial charge in [-0.25, -0.2) is 47.9 Å². The molecule has 26 nitrogen and oxygen atoms in total. The van der Waals surface area contributed by atoms with Gasteiger partial charge in [0.2, 0.25) is 0 Å². The van der Waals surface area contributed by atoms with Gasteiger partial charge in [0.1, 0.15) is 24.9 Å². The predicted molar refractivity (Wildman–Crippen MR) is 402 cm³/mol. The first-order valence-corrected chi connectivity index (χ1v) is 36.4. The molecule has 3 aliphatic rings. The molecule has 0 saturated carbocycles. The number of carbonyl (C=O) groups excluding carboxylic acids is 10. The first kappa shape index (κ1) is 79.7. The van der Waals surface area contributed by atoms with Crippen molar-refractivity contribution in [3.05, 3.63) is 359 Å². The van der Waals surface area contributed by atoms with Gasteiger partial charge < -0.3 is 75.8 Å². The summed E-state index contributed by atoms with van der Waals surface area (Å²) in [4.78, 5) is 147. The molecule has 10 aromatic carbocycles. The summed E-state index contributed by atoms with van der Waals surface area (Å²) in [6.07, 6.45) is -28.7. The molecular weight excluding hydrogens is 1480 g/mol. The minimum absolute atomic E-state index is 0.00147. The number of benzene rings is 10. The quantitative estimate of drug-likeness (QED) is 0.0325. The molecule has 0 aliphatic carbocycles. The van der Waals surface area contributed by atoms with Gasteiger partial charge in [-0.3, -0.25) is 0 Å². The van der Waals surface area contributed by atoms with Crippen LogP contribution in [-0.4, -0.2) is 179 Å². The van der Waals surface area contributed by atoms with Crippen molar-refractivity contribution < 1.29 is 124 Å². The summed E-state index contributed by atoms with van der Waals surface area (Å²) in [6, 6.07) is 76.4. The number of ether oxygens (including phenoxy) is 16. The Morgan fingerprint density at radius 1 is 0.209 bits per heavy atom. The summed E-state index contributed by atoms with van der Waals surface area (Å²) in [7, 11) is 1.20. The zero-order chi connectivity index (χ0) is 80.0. The minimum atomic E-state index is -2.12. The topological polar surface area (TPSA) is 318 Å². The van der Waals surface area contributed by atoms with Gasteiger partial charge in [0.15, 0.2) is 73.8 Å². The maximum absolute atomic E-state index is 15.1. The molecular formula is C89H74O26. The number of hydrogen-bond acceptors (Lipinski definition) is 26. The van der Waals surface area contributed by atoms with Gasteiger partial charge in [0, 0.05) is 7.11 Å². The van der Waals surface area contributed by atoms with Crippen molar-refractivity contribution in [2.75, 3.05) is 26.9 Å². The molecule has 0 N–H and O–H groups in total. The van der Waals surface area contributed by atoms with E-state index in [0.29, 0.717) is 0 Å². The van der Waals surface area contributed by atoms with Crippen LogP contribution in [0.4, 0.5) is 0 Å². The van der Waals surface area contributed by atoms with Crippen molar-refractivity contribution in [1.29, 1.82) is 0 Å². The van der Waals surface area contributed by atoms with E-state index in [-0.39, 0.29) is 55.6 Å². The lowest BCUT2D eigenvalue weighted by atomic mass is 9.96. The van der Waals surface area contributed by atoms with Gasteiger partial charge >= 0.3 is 59.7 Å². The zero-order valence-electron chi connectivity index (χ0n) is 61.3. The molecule has 0 unspecified atom stereocenters. The van der Waals surface area contributed by atoms with Crippen LogP contribution >= 0.6 is 0 Å². The van der Waals surface area contributed by atoms with E-state index >= 15 is 9.59 Å². The summed E-state index contributed by atoms with van der Waals surface area (Å²) in [5, 5.41) is 0. The Bertz CT molecular complexity index is 4920. The van der Waals surface area contributed by atoms with Crippen LogP contribution in [0, 0.1) is 0 Å². The monoisotopic (exact) mass is 1560 g/mol. The average Bonchev–Trinajstić information content (AvgIpc) is 0.772. The zero-order valence-corrected chi connectivity index (χ0v) is 61.3. The van der Waals surface area contributed by atoms with Crippen LogP contribution in [0.15, 0.2) is 303 Å². The van der Waals surface area contributed by atoms with Gasteiger partial charge in [-0.15, -0.1) is 0 Å². The molecule has 586 valence electrons. The molecule has 13 rings (SSSR count). The van der Waals surface area contributed by atoms with Crippen molar-refractivity contribution in [1.82, 2.24) is 0 Å². The fourth-order valence-electron chi connectivity index (χ4n) is 12.8. The summed E-state index contributed by atoms with van der Waals surface area (Å²) >= 11 is 0. The Hall–Kier alpha value is -13.3. The predicted octanol–water partition coefficient (Wildman–Crippen LogP) is 11.7. The molecule has 15 atom stereocenters. The van der Waals surface area contributed by atoms with E-state index in [1.807, 2.05) is 0 Å². The molecule has 3 fully saturated rings. The Balaban J connectivity index is 0.943. The molecule has 3 heterocycles. The average molecular weight is 1560 g/mol. The highest BCUT2D eigenvalue weighted by Gasteiger charge is 2.59. The number of rotatable bonds is 28. The highest BCUT2D eigenvalue weighted by Crippen LogP contribution is 2.38. The molecule has 0 radical (unpaired) electrons. The molecule has 0 spiro atoms. The van der Waals surface area contributed by atoms with E-state index in [2.05, 4.69) is 0 Å². The third-order valence-electron chi connectivity index (χ3n) is 18.5. The second-order valence-corrected chi connectivity index (χ2v) is 26.1. The van der Waals surface area contributed by atoms with E-state index in [0.717, 1.165) is 0 Å². The Kier molecular flexibility index (Phi) is 26.9. The number of hydrogen-bond donors (Lipinski definition) is 0. The third kappa shape index (κ3) is 20.3. The Labute approximate surface area is 658 Å². The van der Waals surface area contributed by atoms with Crippen molar-refractivity contribution in [2.24, 2.45) is 0 Å². The number of carbonyl (C=O) groups is 10. The lowest BCUT2D eigenvalue weighted by molar-refractivity contribution is -0.338. The van der Waals surface area contributed by atoms with Gasteiger partial charge in [-0.05, 0) is 121 Å². The van der Waals surface area contributed by atoms with Crippen LogP contribution < -0.4 is 0 Å². The van der Waals surface area contributed by atoms with Crippen molar-refractivity contribution in [3.63, 3.8) is 0 Å². The van der Waals surface area contributed by atoms with Crippen molar-refractivity contribution in [2.45, 2.75) is 92.1 Å². The minimum Gasteiger partial charge on any atom is -0.459 e. The summed E-state index contributed by atoms with van der Waals surface area (Å²) in [5.41, 5.74) is -0.125. The SMILES string of the molecule is CO[C@H]1O[C@H](CO[C@@H]2O[C@H](CO[C@@H]3O[C@H](COC(=O)c4ccccc4)[C@H](OC(=O)c4ccccc4)[C@H](OC(=O)c4ccccc4)[C@H]3OC(=O)c3ccccc3)[C@@H](OC(=O)c3ccccc3)[C@H](OC(=O)c3ccccc3)[C@H]2OC(=O)c2ccccc2)[C@@H](OC(=O)c2ccccc2)[C@H](OC(=O)c2ccccc2)[C@H]1OC(=O)c1ccccc1. The lowest BCUT2D eigenvalue weighted by Gasteiger charge is -2.47. The fourth-order valence-corrected chi connectivity index (χ4v) is 12.8. The summed E-state index contributed by atoms with van der Waals surface area (Å²) in [6.45, 7) is -2.66. The van der Waals surface area contributed by atoms with Crippen LogP contribution in [0.5, 0.6) is 0 Å². The van der Waals surface area contributed by atoms with E-state index in [4.69, 9.17) is 75.8 Å². The first-order valence-electron chi connectivity index (χ1n) is 36.4. The van der Waals surface area contributed by atoms with E-state index < -0.39 is 172 Å². The van der Waals surface area contributed by atoms with Gasteiger partial charge in [0.05, 0.1) is 68.8 Å². The van der Waals surface area contributed by atoms with Gasteiger partial charge in [-0.2, -0.15) is 0 Å². The Morgan fingerprint density at radius 2 is 0.374 bits per heavy atom. The molecule has 3 aliphatic heterocycles. The van der Waals surface area contributed by atoms with Crippen molar-refractivity contribution in [3.8, 4) is 0 Å². The fraction of sp³-hybridized carbons (Fsp3) is 0.213. The maximum atomic E-state index is 15.1. The number of methoxy groups -OCH3 is 1. The van der Waals surface area contributed by atoms with Crippen LogP contribution in [0.2, 0.25) is 0 Å². The van der Waals surface area contributed by atoms with Crippen LogP contribution in [0.1, 0.15) is 104 Å². The molecule has 10 aromatic rings. The molecule has 115 heavy (non-hydrogen) atoms. The smallest absolute Gasteiger partial charge is 0.338 e. The highest BCUT2D eigenvalue weighted by molar-refractivity contribution is 5.95. The van der Waals surface area contributed by atoms with E-state index in [9.17, 15) is 38.4 Å².